The first kappa shape index (κ1) is 16.0. The molecular weight excluding hydrogens is 278 g/mol. The molecule has 2 aromatic rings. The third kappa shape index (κ3) is 4.33. The molecule has 0 saturated carbocycles. The Bertz CT molecular complexity index is 641. The topological polar surface area (TPSA) is 62.5 Å². The number of hydrogen-bond donors (Lipinski definition) is 2. The summed E-state index contributed by atoms with van der Waals surface area (Å²) in [5, 5.41) is 12.3. The molecule has 1 aromatic heterocycles. The van der Waals surface area contributed by atoms with Gasteiger partial charge < -0.3 is 14.8 Å². The van der Waals surface area contributed by atoms with E-state index in [-0.39, 0.29) is 12.5 Å². The summed E-state index contributed by atoms with van der Waals surface area (Å²) in [6.07, 6.45) is 3.97. The third-order valence-corrected chi connectivity index (χ3v) is 3.45. The average Bonchev–Trinajstić information content (AvgIpc) is 2.96. The van der Waals surface area contributed by atoms with Crippen LogP contribution in [0.4, 0.5) is 0 Å². The molecule has 1 amide bonds. The number of aliphatic hydroxyl groups is 1. The van der Waals surface area contributed by atoms with Crippen molar-refractivity contribution in [1.29, 1.82) is 0 Å². The Kier molecular flexibility index (Phi) is 5.55. The Labute approximate surface area is 130 Å². The predicted octanol–water partition coefficient (Wildman–Crippen LogP) is 3.01. The minimum Gasteiger partial charge on any atom is -0.462 e. The Hall–Kier alpha value is -2.33. The Morgan fingerprint density at radius 1 is 1.27 bits per heavy atom. The van der Waals surface area contributed by atoms with E-state index < -0.39 is 6.04 Å². The first-order chi connectivity index (χ1) is 10.6. The summed E-state index contributed by atoms with van der Waals surface area (Å²) >= 11 is 0. The molecule has 1 atom stereocenters. The van der Waals surface area contributed by atoms with E-state index in [1.807, 2.05) is 37.3 Å². The van der Waals surface area contributed by atoms with Crippen LogP contribution in [-0.4, -0.2) is 17.6 Å². The number of nitrogens with one attached hydrogen (secondary N) is 1. The third-order valence-electron chi connectivity index (χ3n) is 3.45. The van der Waals surface area contributed by atoms with Crippen molar-refractivity contribution in [2.75, 3.05) is 6.61 Å². The standard InChI is InChI=1S/C18H21NO3/c1-3-14-5-7-15(8-6-14)17(12-20)19-18(21)11-10-16-9-4-13(2)22-16/h4-11,17,20H,3,12H2,1-2H3,(H,19,21)/b11-10+. The van der Waals surface area contributed by atoms with Crippen LogP contribution >= 0.6 is 0 Å². The van der Waals surface area contributed by atoms with Crippen LogP contribution in [0.2, 0.25) is 0 Å². The van der Waals surface area contributed by atoms with Crippen LogP contribution in [-0.2, 0) is 11.2 Å². The van der Waals surface area contributed by atoms with Gasteiger partial charge in [0.15, 0.2) is 0 Å². The Morgan fingerprint density at radius 3 is 2.55 bits per heavy atom. The SMILES string of the molecule is CCc1ccc(C(CO)NC(=O)/C=C/c2ccc(C)o2)cc1. The van der Waals surface area contributed by atoms with Gasteiger partial charge >= 0.3 is 0 Å². The molecule has 1 heterocycles. The van der Waals surface area contributed by atoms with E-state index >= 15 is 0 Å². The lowest BCUT2D eigenvalue weighted by Gasteiger charge is -2.16. The average molecular weight is 299 g/mol. The van der Waals surface area contributed by atoms with Crippen molar-refractivity contribution in [2.24, 2.45) is 0 Å². The number of aryl methyl sites for hydroxylation is 2. The molecule has 1 unspecified atom stereocenters. The monoisotopic (exact) mass is 299 g/mol. The minimum atomic E-state index is -0.415. The lowest BCUT2D eigenvalue weighted by molar-refractivity contribution is -0.117. The van der Waals surface area contributed by atoms with Gasteiger partial charge in [-0.25, -0.2) is 0 Å². The molecule has 0 bridgehead atoms. The van der Waals surface area contributed by atoms with E-state index in [1.165, 1.54) is 11.6 Å². The first-order valence-electron chi connectivity index (χ1n) is 7.37. The van der Waals surface area contributed by atoms with Crippen molar-refractivity contribution in [3.8, 4) is 0 Å². The summed E-state index contributed by atoms with van der Waals surface area (Å²) in [6.45, 7) is 3.78. The lowest BCUT2D eigenvalue weighted by Crippen LogP contribution is -2.29. The highest BCUT2D eigenvalue weighted by atomic mass is 16.3. The van der Waals surface area contributed by atoms with Gasteiger partial charge in [0.05, 0.1) is 12.6 Å². The number of furan rings is 1. The second-order valence-electron chi connectivity index (χ2n) is 5.12. The number of amides is 1. The van der Waals surface area contributed by atoms with E-state index in [0.29, 0.717) is 5.76 Å². The fourth-order valence-electron chi connectivity index (χ4n) is 2.14. The summed E-state index contributed by atoms with van der Waals surface area (Å²) in [5.41, 5.74) is 2.11. The van der Waals surface area contributed by atoms with Crippen LogP contribution in [0, 0.1) is 6.92 Å². The number of aliphatic hydroxyl groups excluding tert-OH is 1. The molecule has 0 spiro atoms. The number of carbonyl (C=O) groups is 1. The molecule has 4 heteroatoms. The van der Waals surface area contributed by atoms with Crippen LogP contribution in [0.25, 0.3) is 6.08 Å². The molecular formula is C18H21NO3. The van der Waals surface area contributed by atoms with Crippen LogP contribution in [0.1, 0.15) is 35.6 Å². The van der Waals surface area contributed by atoms with Crippen LogP contribution < -0.4 is 5.32 Å². The molecule has 22 heavy (non-hydrogen) atoms. The Balaban J connectivity index is 1.99. The molecule has 116 valence electrons. The largest absolute Gasteiger partial charge is 0.462 e. The maximum absolute atomic E-state index is 11.9. The van der Waals surface area contributed by atoms with Crippen LogP contribution in [0.15, 0.2) is 46.9 Å². The summed E-state index contributed by atoms with van der Waals surface area (Å²) in [5.74, 6) is 1.15. The van der Waals surface area contributed by atoms with Crippen molar-refractivity contribution in [2.45, 2.75) is 26.3 Å². The van der Waals surface area contributed by atoms with Gasteiger partial charge in [0.25, 0.3) is 0 Å². The zero-order chi connectivity index (χ0) is 15.9. The van der Waals surface area contributed by atoms with Gasteiger partial charge in [-0.05, 0) is 42.7 Å². The molecule has 4 nitrogen and oxygen atoms in total. The lowest BCUT2D eigenvalue weighted by atomic mass is 10.0. The van der Waals surface area contributed by atoms with Crippen molar-refractivity contribution >= 4 is 12.0 Å². The quantitative estimate of drug-likeness (QED) is 0.806. The summed E-state index contributed by atoms with van der Waals surface area (Å²) in [6, 6.07) is 11.1. The fourth-order valence-corrected chi connectivity index (χ4v) is 2.14. The van der Waals surface area contributed by atoms with E-state index in [9.17, 15) is 9.90 Å². The zero-order valence-corrected chi connectivity index (χ0v) is 12.9. The van der Waals surface area contributed by atoms with Gasteiger partial charge in [-0.2, -0.15) is 0 Å². The Morgan fingerprint density at radius 2 is 2.00 bits per heavy atom. The van der Waals surface area contributed by atoms with Gasteiger partial charge in [-0.1, -0.05) is 31.2 Å². The molecule has 2 rings (SSSR count). The highest BCUT2D eigenvalue weighted by Gasteiger charge is 2.12. The van der Waals surface area contributed by atoms with Gasteiger partial charge in [0.1, 0.15) is 11.5 Å². The molecule has 1 aromatic carbocycles. The van der Waals surface area contributed by atoms with Gasteiger partial charge in [-0.3, -0.25) is 4.79 Å². The predicted molar refractivity (Wildman–Crippen MR) is 86.3 cm³/mol. The maximum Gasteiger partial charge on any atom is 0.244 e. The van der Waals surface area contributed by atoms with Crippen molar-refractivity contribution in [1.82, 2.24) is 5.32 Å². The highest BCUT2D eigenvalue weighted by molar-refractivity contribution is 5.91. The fraction of sp³-hybridized carbons (Fsp3) is 0.278. The van der Waals surface area contributed by atoms with Gasteiger partial charge in [-0.15, -0.1) is 0 Å². The van der Waals surface area contributed by atoms with Crippen molar-refractivity contribution < 1.29 is 14.3 Å². The molecule has 0 fully saturated rings. The molecule has 0 radical (unpaired) electrons. The molecule has 0 saturated heterocycles. The summed E-state index contributed by atoms with van der Waals surface area (Å²) in [4.78, 5) is 11.9. The second kappa shape index (κ2) is 7.61. The van der Waals surface area contributed by atoms with Crippen molar-refractivity contribution in [3.63, 3.8) is 0 Å². The number of benzene rings is 1. The first-order valence-corrected chi connectivity index (χ1v) is 7.37. The normalized spacial score (nSPS) is 12.5. The van der Waals surface area contributed by atoms with Gasteiger partial charge in [0, 0.05) is 6.08 Å². The molecule has 2 N–H and O–H groups in total. The number of hydrogen-bond acceptors (Lipinski definition) is 3. The minimum absolute atomic E-state index is 0.148. The maximum atomic E-state index is 11.9. The molecule has 0 aliphatic rings. The summed E-state index contributed by atoms with van der Waals surface area (Å²) in [7, 11) is 0. The number of rotatable bonds is 6. The zero-order valence-electron chi connectivity index (χ0n) is 12.9. The molecule has 0 aliphatic carbocycles. The smallest absolute Gasteiger partial charge is 0.244 e. The second-order valence-corrected chi connectivity index (χ2v) is 5.12. The van der Waals surface area contributed by atoms with E-state index in [4.69, 9.17) is 4.42 Å². The highest BCUT2D eigenvalue weighted by Crippen LogP contribution is 2.14. The number of carbonyl (C=O) groups excluding carboxylic acids is 1. The van der Waals surface area contributed by atoms with E-state index in [1.54, 1.807) is 12.1 Å². The summed E-state index contributed by atoms with van der Waals surface area (Å²) < 4.78 is 5.36. The van der Waals surface area contributed by atoms with E-state index in [2.05, 4.69) is 12.2 Å². The van der Waals surface area contributed by atoms with Crippen LogP contribution in [0.5, 0.6) is 0 Å². The van der Waals surface area contributed by atoms with Crippen LogP contribution in [0.3, 0.4) is 0 Å². The van der Waals surface area contributed by atoms with Gasteiger partial charge in [0.2, 0.25) is 5.91 Å². The van der Waals surface area contributed by atoms with E-state index in [0.717, 1.165) is 17.7 Å². The molecule has 0 aliphatic heterocycles. The van der Waals surface area contributed by atoms with Crippen molar-refractivity contribution in [3.05, 3.63) is 65.1 Å².